The van der Waals surface area contributed by atoms with Crippen molar-refractivity contribution in [3.05, 3.63) is 84.4 Å². The van der Waals surface area contributed by atoms with E-state index in [0.29, 0.717) is 23.4 Å². The number of nitrogens with one attached hydrogen (secondary N) is 3. The summed E-state index contributed by atoms with van der Waals surface area (Å²) in [5.41, 5.74) is 5.36. The number of para-hydroxylation sites is 2. The first-order chi connectivity index (χ1) is 16.2. The van der Waals surface area contributed by atoms with Gasteiger partial charge in [-0.05, 0) is 36.4 Å². The second-order valence-corrected chi connectivity index (χ2v) is 6.80. The van der Waals surface area contributed by atoms with E-state index < -0.39 is 0 Å². The predicted molar refractivity (Wildman–Crippen MR) is 130 cm³/mol. The maximum atomic E-state index is 5.30. The average Bonchev–Trinajstić information content (AvgIpc) is 2.85. The summed E-state index contributed by atoms with van der Waals surface area (Å²) in [4.78, 5) is 13.3. The van der Waals surface area contributed by atoms with Gasteiger partial charge in [-0.3, -0.25) is 0 Å². The van der Waals surface area contributed by atoms with Crippen LogP contribution in [0.25, 0.3) is 0 Å². The summed E-state index contributed by atoms with van der Waals surface area (Å²) >= 11 is 0. The van der Waals surface area contributed by atoms with Crippen molar-refractivity contribution in [3.8, 4) is 11.5 Å². The van der Waals surface area contributed by atoms with Gasteiger partial charge in [0.2, 0.25) is 17.8 Å². The van der Waals surface area contributed by atoms with Gasteiger partial charge in [0.25, 0.3) is 0 Å². The van der Waals surface area contributed by atoms with Gasteiger partial charge in [0.05, 0.1) is 20.4 Å². The fourth-order valence-corrected chi connectivity index (χ4v) is 2.91. The number of hydrazone groups is 1. The molecule has 9 heteroatoms. The predicted octanol–water partition coefficient (Wildman–Crippen LogP) is 4.82. The summed E-state index contributed by atoms with van der Waals surface area (Å²) in [6, 6.07) is 24.8. The Kier molecular flexibility index (Phi) is 6.92. The van der Waals surface area contributed by atoms with Crippen LogP contribution in [0.1, 0.15) is 5.56 Å². The van der Waals surface area contributed by atoms with Crippen LogP contribution in [0.5, 0.6) is 11.5 Å². The van der Waals surface area contributed by atoms with Crippen LogP contribution in [0, 0.1) is 0 Å². The first-order valence-electron chi connectivity index (χ1n) is 10.1. The minimum absolute atomic E-state index is 0.271. The molecular weight excluding hydrogens is 418 g/mol. The van der Waals surface area contributed by atoms with Gasteiger partial charge < -0.3 is 20.1 Å². The molecule has 0 saturated carbocycles. The van der Waals surface area contributed by atoms with E-state index in [1.165, 1.54) is 0 Å². The second-order valence-electron chi connectivity index (χ2n) is 6.80. The van der Waals surface area contributed by atoms with Crippen molar-refractivity contribution in [1.29, 1.82) is 0 Å². The highest BCUT2D eigenvalue weighted by molar-refractivity contribution is 5.81. The normalized spacial score (nSPS) is 10.6. The Morgan fingerprint density at radius 2 is 1.15 bits per heavy atom. The molecule has 0 atom stereocenters. The van der Waals surface area contributed by atoms with Gasteiger partial charge in [0.1, 0.15) is 11.5 Å². The third-order valence-electron chi connectivity index (χ3n) is 4.45. The number of hydrogen-bond acceptors (Lipinski definition) is 9. The number of ether oxygens (including phenoxy) is 2. The van der Waals surface area contributed by atoms with Crippen molar-refractivity contribution >= 4 is 35.4 Å². The Morgan fingerprint density at radius 3 is 1.64 bits per heavy atom. The number of nitrogens with zero attached hydrogens (tertiary/aromatic N) is 4. The van der Waals surface area contributed by atoms with Crippen molar-refractivity contribution in [2.75, 3.05) is 30.3 Å². The van der Waals surface area contributed by atoms with Crippen LogP contribution in [0.2, 0.25) is 0 Å². The van der Waals surface area contributed by atoms with Gasteiger partial charge in [-0.25, -0.2) is 5.43 Å². The van der Waals surface area contributed by atoms with E-state index in [1.807, 2.05) is 72.8 Å². The molecule has 1 aromatic heterocycles. The smallest absolute Gasteiger partial charge is 0.250 e. The summed E-state index contributed by atoms with van der Waals surface area (Å²) in [7, 11) is 3.20. The zero-order valence-electron chi connectivity index (χ0n) is 18.2. The number of aromatic nitrogens is 3. The molecule has 166 valence electrons. The molecule has 3 N–H and O–H groups in total. The second kappa shape index (κ2) is 10.6. The van der Waals surface area contributed by atoms with Gasteiger partial charge in [0, 0.05) is 23.0 Å². The first kappa shape index (κ1) is 21.6. The summed E-state index contributed by atoms with van der Waals surface area (Å²) in [6.45, 7) is 0. The van der Waals surface area contributed by atoms with Crippen LogP contribution in [-0.4, -0.2) is 35.4 Å². The molecule has 0 aliphatic heterocycles. The van der Waals surface area contributed by atoms with Crippen molar-refractivity contribution in [2.24, 2.45) is 5.10 Å². The number of hydrogen-bond donors (Lipinski definition) is 3. The minimum Gasteiger partial charge on any atom is -0.497 e. The average molecular weight is 441 g/mol. The van der Waals surface area contributed by atoms with E-state index in [0.717, 1.165) is 16.9 Å². The zero-order valence-corrected chi connectivity index (χ0v) is 18.2. The van der Waals surface area contributed by atoms with Crippen LogP contribution in [-0.2, 0) is 0 Å². The number of methoxy groups -OCH3 is 2. The number of rotatable bonds is 9. The molecule has 0 bridgehead atoms. The molecule has 0 amide bonds. The number of benzene rings is 3. The van der Waals surface area contributed by atoms with E-state index in [1.54, 1.807) is 26.5 Å². The van der Waals surface area contributed by atoms with Crippen molar-refractivity contribution in [3.63, 3.8) is 0 Å². The van der Waals surface area contributed by atoms with Crippen LogP contribution in [0.15, 0.2) is 84.0 Å². The molecule has 0 unspecified atom stereocenters. The third kappa shape index (κ3) is 6.17. The summed E-state index contributed by atoms with van der Waals surface area (Å²) < 4.78 is 10.6. The Labute approximate surface area is 191 Å². The van der Waals surface area contributed by atoms with Gasteiger partial charge in [-0.2, -0.15) is 20.1 Å². The lowest BCUT2D eigenvalue weighted by molar-refractivity contribution is 0.394. The molecule has 4 aromatic rings. The van der Waals surface area contributed by atoms with E-state index in [9.17, 15) is 0 Å². The zero-order chi connectivity index (χ0) is 22.9. The molecule has 1 heterocycles. The van der Waals surface area contributed by atoms with Crippen molar-refractivity contribution < 1.29 is 9.47 Å². The van der Waals surface area contributed by atoms with Crippen LogP contribution >= 0.6 is 0 Å². The van der Waals surface area contributed by atoms with E-state index in [2.05, 4.69) is 36.1 Å². The lowest BCUT2D eigenvalue weighted by Crippen LogP contribution is -2.07. The van der Waals surface area contributed by atoms with Gasteiger partial charge >= 0.3 is 0 Å². The first-order valence-corrected chi connectivity index (χ1v) is 10.1. The number of anilines is 5. The molecule has 0 aliphatic rings. The summed E-state index contributed by atoms with van der Waals surface area (Å²) in [5.74, 6) is 2.35. The lowest BCUT2D eigenvalue weighted by Gasteiger charge is -2.10. The molecule has 33 heavy (non-hydrogen) atoms. The molecule has 0 aliphatic carbocycles. The lowest BCUT2D eigenvalue weighted by atomic mass is 10.2. The Morgan fingerprint density at radius 1 is 0.667 bits per heavy atom. The molecule has 9 nitrogen and oxygen atoms in total. The van der Waals surface area contributed by atoms with Crippen molar-refractivity contribution in [2.45, 2.75) is 0 Å². The molecule has 0 saturated heterocycles. The molecule has 0 spiro atoms. The highest BCUT2D eigenvalue weighted by atomic mass is 16.5. The Bertz CT molecular complexity index is 1140. The minimum atomic E-state index is 0.271. The van der Waals surface area contributed by atoms with Gasteiger partial charge in [0.15, 0.2) is 0 Å². The fraction of sp³-hybridized carbons (Fsp3) is 0.0833. The molecule has 4 rings (SSSR count). The molecule has 3 aromatic carbocycles. The quantitative estimate of drug-likeness (QED) is 0.251. The monoisotopic (exact) mass is 441 g/mol. The summed E-state index contributed by atoms with van der Waals surface area (Å²) in [5, 5.41) is 10.6. The van der Waals surface area contributed by atoms with E-state index >= 15 is 0 Å². The van der Waals surface area contributed by atoms with Crippen LogP contribution in [0.3, 0.4) is 0 Å². The largest absolute Gasteiger partial charge is 0.497 e. The fourth-order valence-electron chi connectivity index (χ4n) is 2.91. The SMILES string of the molecule is COc1cc(/C=N\Nc2nc(Nc3ccccc3)nc(Nc3ccccc3)n2)cc(OC)c1. The highest BCUT2D eigenvalue weighted by Crippen LogP contribution is 2.22. The van der Waals surface area contributed by atoms with Crippen LogP contribution < -0.4 is 25.5 Å². The topological polar surface area (TPSA) is 106 Å². The Hall–Kier alpha value is -4.66. The maximum Gasteiger partial charge on any atom is 0.250 e. The summed E-state index contributed by atoms with van der Waals surface area (Å²) in [6.07, 6.45) is 1.63. The van der Waals surface area contributed by atoms with E-state index in [-0.39, 0.29) is 5.95 Å². The Balaban J connectivity index is 1.57. The third-order valence-corrected chi connectivity index (χ3v) is 4.45. The molecule has 0 fully saturated rings. The van der Waals surface area contributed by atoms with Gasteiger partial charge in [-0.15, -0.1) is 0 Å². The van der Waals surface area contributed by atoms with Gasteiger partial charge in [-0.1, -0.05) is 36.4 Å². The molecular formula is C24H23N7O2. The highest BCUT2D eigenvalue weighted by Gasteiger charge is 2.07. The standard InChI is InChI=1S/C24H23N7O2/c1-32-20-13-17(14-21(15-20)33-2)16-25-31-24-29-22(26-18-9-5-3-6-10-18)28-23(30-24)27-19-11-7-4-8-12-19/h3-16H,1-2H3,(H3,26,27,28,29,30,31)/b25-16-. The van der Waals surface area contributed by atoms with E-state index in [4.69, 9.17) is 9.47 Å². The molecule has 0 radical (unpaired) electrons. The van der Waals surface area contributed by atoms with Crippen LogP contribution in [0.4, 0.5) is 29.2 Å². The maximum absolute atomic E-state index is 5.30. The van der Waals surface area contributed by atoms with Crippen molar-refractivity contribution in [1.82, 2.24) is 15.0 Å².